The number of amides is 2. The molecule has 0 saturated carbocycles. The van der Waals surface area contributed by atoms with Gasteiger partial charge in [-0.15, -0.1) is 0 Å². The third-order valence-corrected chi connectivity index (χ3v) is 6.36. The van der Waals surface area contributed by atoms with E-state index in [-0.39, 0.29) is 24.4 Å². The molecule has 0 spiro atoms. The third-order valence-electron chi connectivity index (χ3n) is 6.36. The zero-order chi connectivity index (χ0) is 25.0. The molecule has 0 bridgehead atoms. The summed E-state index contributed by atoms with van der Waals surface area (Å²) in [6.45, 7) is 7.50. The second-order valence-electron chi connectivity index (χ2n) is 9.36. The number of likely N-dealkylation sites (N-methyl/N-ethyl adjacent to an activating group) is 1. The first-order valence-electron chi connectivity index (χ1n) is 11.6. The van der Waals surface area contributed by atoms with Crippen molar-refractivity contribution in [2.45, 2.75) is 45.7 Å². The number of esters is 1. The van der Waals surface area contributed by atoms with Crippen LogP contribution >= 0.6 is 0 Å². The molecule has 0 fully saturated rings. The first kappa shape index (κ1) is 25.3. The first-order valence-corrected chi connectivity index (χ1v) is 11.6. The van der Waals surface area contributed by atoms with Gasteiger partial charge in [0.1, 0.15) is 18.7 Å². The van der Waals surface area contributed by atoms with Crippen LogP contribution in [-0.2, 0) is 19.1 Å². The van der Waals surface area contributed by atoms with Crippen molar-refractivity contribution in [1.82, 2.24) is 10.2 Å². The van der Waals surface area contributed by atoms with Gasteiger partial charge >= 0.3 is 12.1 Å². The molecule has 0 aliphatic heterocycles. The molecule has 0 aromatic heterocycles. The maximum absolute atomic E-state index is 13.1. The molecule has 0 heterocycles. The second-order valence-corrected chi connectivity index (χ2v) is 9.36. The Morgan fingerprint density at radius 2 is 1.44 bits per heavy atom. The Balaban J connectivity index is 1.72. The Hall–Kier alpha value is -3.35. The molecule has 1 N–H and O–H groups in total. The number of hydrogen-bond acceptors (Lipinski definition) is 5. The van der Waals surface area contributed by atoms with E-state index in [1.807, 2.05) is 52.0 Å². The van der Waals surface area contributed by atoms with Crippen molar-refractivity contribution < 1.29 is 23.9 Å². The van der Waals surface area contributed by atoms with Crippen molar-refractivity contribution in [3.8, 4) is 11.1 Å². The van der Waals surface area contributed by atoms with E-state index in [0.717, 1.165) is 22.3 Å². The van der Waals surface area contributed by atoms with Gasteiger partial charge in [-0.2, -0.15) is 0 Å². The number of methoxy groups -OCH3 is 1. The number of fused-ring (bicyclic) bond motifs is 3. The average Bonchev–Trinajstić information content (AvgIpc) is 3.13. The summed E-state index contributed by atoms with van der Waals surface area (Å²) in [6, 6.07) is 14.6. The minimum atomic E-state index is -0.804. The van der Waals surface area contributed by atoms with E-state index in [0.29, 0.717) is 0 Å². The van der Waals surface area contributed by atoms with Gasteiger partial charge in [0.2, 0.25) is 5.91 Å². The summed E-state index contributed by atoms with van der Waals surface area (Å²) in [7, 11) is 2.83. The fourth-order valence-electron chi connectivity index (χ4n) is 4.60. The lowest BCUT2D eigenvalue weighted by molar-refractivity contribution is -0.147. The number of ether oxygens (including phenoxy) is 2. The summed E-state index contributed by atoms with van der Waals surface area (Å²) in [5.41, 5.74) is 4.54. The average molecular weight is 467 g/mol. The van der Waals surface area contributed by atoms with E-state index in [1.165, 1.54) is 12.0 Å². The van der Waals surface area contributed by atoms with Gasteiger partial charge in [-0.1, -0.05) is 76.2 Å². The van der Waals surface area contributed by atoms with Gasteiger partial charge in [-0.25, -0.2) is 9.59 Å². The van der Waals surface area contributed by atoms with Gasteiger partial charge in [-0.05, 0) is 34.1 Å². The largest absolute Gasteiger partial charge is 0.467 e. The zero-order valence-corrected chi connectivity index (χ0v) is 20.7. The van der Waals surface area contributed by atoms with Crippen LogP contribution in [0.3, 0.4) is 0 Å². The molecule has 1 aliphatic rings. The number of nitrogens with one attached hydrogen (secondary N) is 1. The van der Waals surface area contributed by atoms with Crippen LogP contribution in [0.5, 0.6) is 0 Å². The van der Waals surface area contributed by atoms with Crippen molar-refractivity contribution >= 4 is 18.0 Å². The summed E-state index contributed by atoms with van der Waals surface area (Å²) >= 11 is 0. The predicted molar refractivity (Wildman–Crippen MR) is 130 cm³/mol. The molecule has 182 valence electrons. The van der Waals surface area contributed by atoms with Crippen LogP contribution < -0.4 is 5.32 Å². The van der Waals surface area contributed by atoms with E-state index in [2.05, 4.69) is 29.6 Å². The summed E-state index contributed by atoms with van der Waals surface area (Å²) in [4.78, 5) is 39.5. The Bertz CT molecular complexity index is 1000. The molecule has 0 unspecified atom stereocenters. The Kier molecular flexibility index (Phi) is 7.97. The Labute approximate surface area is 201 Å². The quantitative estimate of drug-likeness (QED) is 0.589. The van der Waals surface area contributed by atoms with Gasteiger partial charge in [0.25, 0.3) is 0 Å². The standard InChI is InChI=1S/C27H34N2O5/c1-16(2)23(26(31)33-6)28-25(30)24(17(3)4)29(5)27(32)34-15-22-20-13-9-7-11-18(20)19-12-8-10-14-21(19)22/h7-14,16-17,22-24H,15H2,1-6H3,(H,28,30)/t23-,24-/m0/s1. The molecule has 1 aliphatic carbocycles. The van der Waals surface area contributed by atoms with Gasteiger partial charge in [0, 0.05) is 13.0 Å². The minimum absolute atomic E-state index is 0.0688. The predicted octanol–water partition coefficient (Wildman–Crippen LogP) is 4.21. The lowest BCUT2D eigenvalue weighted by Gasteiger charge is -2.31. The molecule has 2 atom stereocenters. The van der Waals surface area contributed by atoms with Crippen molar-refractivity contribution in [3.05, 3.63) is 59.7 Å². The molecule has 7 nitrogen and oxygen atoms in total. The summed E-state index contributed by atoms with van der Waals surface area (Å²) in [5, 5.41) is 2.74. The van der Waals surface area contributed by atoms with Crippen LogP contribution in [-0.4, -0.2) is 55.7 Å². The van der Waals surface area contributed by atoms with Crippen molar-refractivity contribution in [3.63, 3.8) is 0 Å². The van der Waals surface area contributed by atoms with Crippen LogP contribution in [0.2, 0.25) is 0 Å². The van der Waals surface area contributed by atoms with Crippen LogP contribution in [0.4, 0.5) is 4.79 Å². The van der Waals surface area contributed by atoms with Gasteiger partial charge in [-0.3, -0.25) is 9.69 Å². The zero-order valence-electron chi connectivity index (χ0n) is 20.7. The van der Waals surface area contributed by atoms with E-state index in [1.54, 1.807) is 7.05 Å². The van der Waals surface area contributed by atoms with Crippen molar-refractivity contribution in [2.75, 3.05) is 20.8 Å². The topological polar surface area (TPSA) is 84.9 Å². The Morgan fingerprint density at radius 3 is 1.91 bits per heavy atom. The van der Waals surface area contributed by atoms with E-state index >= 15 is 0 Å². The number of benzene rings is 2. The number of carbonyl (C=O) groups excluding carboxylic acids is 3. The van der Waals surface area contributed by atoms with Crippen molar-refractivity contribution in [2.24, 2.45) is 11.8 Å². The van der Waals surface area contributed by atoms with E-state index in [4.69, 9.17) is 9.47 Å². The Morgan fingerprint density at radius 1 is 0.912 bits per heavy atom. The van der Waals surface area contributed by atoms with Crippen LogP contribution in [0.15, 0.2) is 48.5 Å². The molecule has 3 rings (SSSR count). The normalized spacial score (nSPS) is 14.2. The number of carbonyl (C=O) groups is 3. The maximum atomic E-state index is 13.1. The van der Waals surface area contributed by atoms with Gasteiger partial charge in [0.05, 0.1) is 7.11 Å². The number of rotatable bonds is 8. The molecule has 0 saturated heterocycles. The SMILES string of the molecule is COC(=O)[C@@H](NC(=O)[C@H](C(C)C)N(C)C(=O)OCC1c2ccccc2-c2ccccc21)C(C)C. The molecular formula is C27H34N2O5. The van der Waals surface area contributed by atoms with E-state index in [9.17, 15) is 14.4 Å². The fraction of sp³-hybridized carbons (Fsp3) is 0.444. The number of hydrogen-bond donors (Lipinski definition) is 1. The fourth-order valence-corrected chi connectivity index (χ4v) is 4.60. The van der Waals surface area contributed by atoms with Crippen molar-refractivity contribution in [1.29, 1.82) is 0 Å². The van der Waals surface area contributed by atoms with Crippen LogP contribution in [0.25, 0.3) is 11.1 Å². The van der Waals surface area contributed by atoms with Gasteiger partial charge < -0.3 is 14.8 Å². The van der Waals surface area contributed by atoms with Gasteiger partial charge in [0.15, 0.2) is 0 Å². The highest BCUT2D eigenvalue weighted by Crippen LogP contribution is 2.44. The second kappa shape index (κ2) is 10.7. The lowest BCUT2D eigenvalue weighted by atomic mass is 9.98. The minimum Gasteiger partial charge on any atom is -0.467 e. The molecular weight excluding hydrogens is 432 g/mol. The highest BCUT2D eigenvalue weighted by molar-refractivity contribution is 5.90. The molecule has 2 aromatic carbocycles. The lowest BCUT2D eigenvalue weighted by Crippen LogP contribution is -2.55. The van der Waals surface area contributed by atoms with Crippen LogP contribution in [0.1, 0.15) is 44.7 Å². The summed E-state index contributed by atoms with van der Waals surface area (Å²) < 4.78 is 10.5. The molecule has 2 aromatic rings. The van der Waals surface area contributed by atoms with Crippen LogP contribution in [0, 0.1) is 11.8 Å². The summed E-state index contributed by atoms with van der Waals surface area (Å²) in [6.07, 6.45) is -0.588. The smallest absolute Gasteiger partial charge is 0.410 e. The van der Waals surface area contributed by atoms with E-state index < -0.39 is 30.1 Å². The molecule has 34 heavy (non-hydrogen) atoms. The highest BCUT2D eigenvalue weighted by Gasteiger charge is 2.35. The molecule has 0 radical (unpaired) electrons. The summed E-state index contributed by atoms with van der Waals surface area (Å²) in [5.74, 6) is -1.37. The first-order chi connectivity index (χ1) is 16.2. The molecule has 2 amide bonds. The monoisotopic (exact) mass is 466 g/mol. The third kappa shape index (κ3) is 5.08. The molecule has 7 heteroatoms. The number of nitrogens with zero attached hydrogens (tertiary/aromatic N) is 1. The highest BCUT2D eigenvalue weighted by atomic mass is 16.6. The maximum Gasteiger partial charge on any atom is 0.410 e.